The number of carbonyl (C=O) groups is 1. The van der Waals surface area contributed by atoms with Crippen molar-refractivity contribution < 1.29 is 34.3 Å². The van der Waals surface area contributed by atoms with Crippen molar-refractivity contribution in [3.8, 4) is 17.2 Å². The van der Waals surface area contributed by atoms with Gasteiger partial charge in [0.15, 0.2) is 11.2 Å². The lowest BCUT2D eigenvalue weighted by molar-refractivity contribution is -0.160. The van der Waals surface area contributed by atoms with E-state index < -0.39 is 35.1 Å². The molecule has 33 heavy (non-hydrogen) atoms. The van der Waals surface area contributed by atoms with E-state index in [1.54, 1.807) is 54.6 Å². The summed E-state index contributed by atoms with van der Waals surface area (Å²) in [7, 11) is 3.02. The SMILES string of the molecule is COc1ccc(C23Oc4cc(OC)cnc4C2(O)C(O)C(C(=O)O)C3c2ccccc2)cc1. The van der Waals surface area contributed by atoms with E-state index in [-0.39, 0.29) is 11.4 Å². The zero-order chi connectivity index (χ0) is 23.4. The van der Waals surface area contributed by atoms with Crippen LogP contribution in [0.3, 0.4) is 0 Å². The highest BCUT2D eigenvalue weighted by atomic mass is 16.5. The molecule has 3 aromatic rings. The van der Waals surface area contributed by atoms with Crippen molar-refractivity contribution in [2.24, 2.45) is 5.92 Å². The molecule has 8 heteroatoms. The van der Waals surface area contributed by atoms with Crippen LogP contribution in [0, 0.1) is 5.92 Å². The Hall–Kier alpha value is -3.62. The van der Waals surface area contributed by atoms with Gasteiger partial charge in [0.25, 0.3) is 0 Å². The maximum Gasteiger partial charge on any atom is 0.310 e. The second-order valence-electron chi connectivity index (χ2n) is 8.25. The number of carboxylic acids is 1. The summed E-state index contributed by atoms with van der Waals surface area (Å²) in [6.07, 6.45) is -0.299. The third-order valence-corrected chi connectivity index (χ3v) is 6.79. The van der Waals surface area contributed by atoms with Crippen LogP contribution in [-0.4, -0.2) is 46.6 Å². The zero-order valence-electron chi connectivity index (χ0n) is 18.0. The molecule has 1 aromatic heterocycles. The number of aliphatic hydroxyl groups excluding tert-OH is 1. The molecule has 5 rings (SSSR count). The number of nitrogens with zero attached hydrogens (tertiary/aromatic N) is 1. The Morgan fingerprint density at radius 3 is 2.30 bits per heavy atom. The number of aliphatic carboxylic acids is 1. The molecule has 1 saturated carbocycles. The molecule has 170 valence electrons. The smallest absolute Gasteiger partial charge is 0.310 e. The number of hydrogen-bond acceptors (Lipinski definition) is 7. The minimum absolute atomic E-state index is 0.0660. The quantitative estimate of drug-likeness (QED) is 0.544. The Kier molecular flexibility index (Phi) is 4.81. The van der Waals surface area contributed by atoms with Crippen LogP contribution in [0.2, 0.25) is 0 Å². The molecule has 0 bridgehead atoms. The minimum Gasteiger partial charge on any atom is -0.497 e. The van der Waals surface area contributed by atoms with Crippen LogP contribution in [0.1, 0.15) is 22.7 Å². The predicted octanol–water partition coefficient (Wildman–Crippen LogP) is 2.43. The van der Waals surface area contributed by atoms with Crippen molar-refractivity contribution in [2.45, 2.75) is 23.2 Å². The first-order valence-electron chi connectivity index (χ1n) is 10.4. The Balaban J connectivity index is 1.84. The standard InChI is InChI=1S/C25H23NO7/c1-31-16-10-8-15(9-11-16)25-20(14-6-4-3-5-7-14)19(23(28)29)22(27)24(25,30)21-18(33-25)12-17(32-2)13-26-21/h3-13,19-20,22,27,30H,1-2H3,(H,28,29). The van der Waals surface area contributed by atoms with Crippen molar-refractivity contribution >= 4 is 5.97 Å². The summed E-state index contributed by atoms with van der Waals surface area (Å²) < 4.78 is 17.0. The van der Waals surface area contributed by atoms with Crippen LogP contribution < -0.4 is 14.2 Å². The van der Waals surface area contributed by atoms with Crippen LogP contribution >= 0.6 is 0 Å². The molecular formula is C25H23NO7. The fourth-order valence-electron chi connectivity index (χ4n) is 5.36. The number of methoxy groups -OCH3 is 2. The number of pyridine rings is 1. The monoisotopic (exact) mass is 449 g/mol. The fraction of sp³-hybridized carbons (Fsp3) is 0.280. The molecule has 5 atom stereocenters. The molecule has 1 fully saturated rings. The summed E-state index contributed by atoms with van der Waals surface area (Å²) >= 11 is 0. The van der Waals surface area contributed by atoms with Crippen LogP contribution in [0.15, 0.2) is 66.9 Å². The minimum atomic E-state index is -2.15. The van der Waals surface area contributed by atoms with Crippen molar-refractivity contribution in [1.82, 2.24) is 4.98 Å². The number of benzene rings is 2. The number of aliphatic hydroxyl groups is 2. The van der Waals surface area contributed by atoms with Crippen molar-refractivity contribution in [2.75, 3.05) is 14.2 Å². The Bertz CT molecular complexity index is 1200. The Morgan fingerprint density at radius 2 is 1.70 bits per heavy atom. The van der Waals surface area contributed by atoms with E-state index >= 15 is 0 Å². The summed E-state index contributed by atoms with van der Waals surface area (Å²) in [5.41, 5.74) is -2.66. The molecule has 2 aromatic carbocycles. The van der Waals surface area contributed by atoms with Gasteiger partial charge in [-0.15, -0.1) is 0 Å². The first-order chi connectivity index (χ1) is 15.9. The number of hydrogen-bond donors (Lipinski definition) is 3. The molecule has 1 aliphatic heterocycles. The average molecular weight is 449 g/mol. The summed E-state index contributed by atoms with van der Waals surface area (Å²) in [5, 5.41) is 33.8. The number of rotatable bonds is 5. The lowest BCUT2D eigenvalue weighted by Gasteiger charge is -2.40. The van der Waals surface area contributed by atoms with Gasteiger partial charge in [-0.3, -0.25) is 9.78 Å². The molecule has 1 aliphatic carbocycles. The van der Waals surface area contributed by atoms with Crippen molar-refractivity contribution in [3.05, 3.63) is 83.7 Å². The van der Waals surface area contributed by atoms with Gasteiger partial charge in [-0.05, 0) is 23.3 Å². The van der Waals surface area contributed by atoms with Gasteiger partial charge in [0, 0.05) is 12.0 Å². The van der Waals surface area contributed by atoms with Gasteiger partial charge < -0.3 is 29.5 Å². The number of fused-ring (bicyclic) bond motifs is 3. The van der Waals surface area contributed by atoms with E-state index in [0.717, 1.165) is 0 Å². The van der Waals surface area contributed by atoms with E-state index in [9.17, 15) is 20.1 Å². The van der Waals surface area contributed by atoms with Crippen molar-refractivity contribution in [1.29, 1.82) is 0 Å². The lowest BCUT2D eigenvalue weighted by Crippen LogP contribution is -2.52. The number of carboxylic acid groups (broad SMARTS) is 1. The molecule has 5 unspecified atom stereocenters. The van der Waals surface area contributed by atoms with E-state index in [2.05, 4.69) is 4.98 Å². The van der Waals surface area contributed by atoms with Gasteiger partial charge in [0.1, 0.15) is 29.0 Å². The number of ether oxygens (including phenoxy) is 3. The third kappa shape index (κ3) is 2.71. The summed E-state index contributed by atoms with van der Waals surface area (Å²) in [4.78, 5) is 16.8. The van der Waals surface area contributed by atoms with Gasteiger partial charge in [-0.2, -0.15) is 0 Å². The summed E-state index contributed by atoms with van der Waals surface area (Å²) in [6, 6.07) is 17.3. The molecule has 0 radical (unpaired) electrons. The van der Waals surface area contributed by atoms with Crippen LogP contribution in [-0.2, 0) is 16.0 Å². The van der Waals surface area contributed by atoms with Crippen molar-refractivity contribution in [3.63, 3.8) is 0 Å². The Labute approximate surface area is 190 Å². The van der Waals surface area contributed by atoms with Gasteiger partial charge >= 0.3 is 5.97 Å². The van der Waals surface area contributed by atoms with Crippen LogP contribution in [0.25, 0.3) is 0 Å². The first-order valence-corrected chi connectivity index (χ1v) is 10.4. The second-order valence-corrected chi connectivity index (χ2v) is 8.25. The maximum absolute atomic E-state index is 12.5. The van der Waals surface area contributed by atoms with E-state index in [0.29, 0.717) is 22.6 Å². The van der Waals surface area contributed by atoms with Crippen LogP contribution in [0.5, 0.6) is 17.2 Å². The molecule has 0 amide bonds. The maximum atomic E-state index is 12.5. The largest absolute Gasteiger partial charge is 0.497 e. The normalized spacial score (nSPS) is 29.6. The van der Waals surface area contributed by atoms with E-state index in [1.165, 1.54) is 20.4 Å². The predicted molar refractivity (Wildman–Crippen MR) is 116 cm³/mol. The molecule has 2 aliphatic rings. The van der Waals surface area contributed by atoms with Crippen LogP contribution in [0.4, 0.5) is 0 Å². The highest BCUT2D eigenvalue weighted by Crippen LogP contribution is 2.68. The molecular weight excluding hydrogens is 426 g/mol. The average Bonchev–Trinajstić information content (AvgIpc) is 3.22. The Morgan fingerprint density at radius 1 is 1.03 bits per heavy atom. The molecule has 2 heterocycles. The summed E-state index contributed by atoms with van der Waals surface area (Å²) in [6.45, 7) is 0. The highest BCUT2D eigenvalue weighted by Gasteiger charge is 2.78. The van der Waals surface area contributed by atoms with Gasteiger partial charge in [0.2, 0.25) is 0 Å². The molecule has 0 spiro atoms. The molecule has 3 N–H and O–H groups in total. The van der Waals surface area contributed by atoms with Gasteiger partial charge in [-0.25, -0.2) is 0 Å². The third-order valence-electron chi connectivity index (χ3n) is 6.79. The first kappa shape index (κ1) is 21.2. The van der Waals surface area contributed by atoms with Gasteiger partial charge in [-0.1, -0.05) is 42.5 Å². The second kappa shape index (κ2) is 7.47. The topological polar surface area (TPSA) is 118 Å². The highest BCUT2D eigenvalue weighted by molar-refractivity contribution is 5.76. The lowest BCUT2D eigenvalue weighted by atomic mass is 9.71. The zero-order valence-corrected chi connectivity index (χ0v) is 18.0. The fourth-order valence-corrected chi connectivity index (χ4v) is 5.36. The number of aromatic nitrogens is 1. The van der Waals surface area contributed by atoms with E-state index in [1.807, 2.05) is 6.07 Å². The summed E-state index contributed by atoms with van der Waals surface area (Å²) in [5.74, 6) is -2.34. The molecule has 0 saturated heterocycles. The van der Waals surface area contributed by atoms with E-state index in [4.69, 9.17) is 14.2 Å². The van der Waals surface area contributed by atoms with Gasteiger partial charge in [0.05, 0.1) is 26.3 Å². The molecule has 8 nitrogen and oxygen atoms in total.